The van der Waals surface area contributed by atoms with Crippen molar-refractivity contribution in [3.8, 4) is 0 Å². The zero-order valence-electron chi connectivity index (χ0n) is 12.2. The van der Waals surface area contributed by atoms with Crippen molar-refractivity contribution in [1.29, 1.82) is 0 Å². The second-order valence-corrected chi connectivity index (χ2v) is 6.47. The third-order valence-corrected chi connectivity index (χ3v) is 3.74. The molecule has 1 heterocycles. The van der Waals surface area contributed by atoms with Gasteiger partial charge in [-0.05, 0) is 0 Å². The fraction of sp³-hybridized carbons (Fsp3) is 0.818. The number of hydrogen-bond donors (Lipinski definition) is 2. The molecule has 1 rings (SSSR count). The van der Waals surface area contributed by atoms with Crippen LogP contribution in [0, 0.1) is 0 Å². The van der Waals surface area contributed by atoms with Gasteiger partial charge in [0.2, 0.25) is 15.9 Å². The molecule has 1 amide bonds. The predicted octanol–water partition coefficient (Wildman–Crippen LogP) is -1.72. The Kier molecular flexibility index (Phi) is 6.21. The van der Waals surface area contributed by atoms with E-state index in [0.29, 0.717) is 26.2 Å². The Balaban J connectivity index is 2.35. The van der Waals surface area contributed by atoms with E-state index in [1.807, 2.05) is 0 Å². The average molecular weight is 305 g/mol. The van der Waals surface area contributed by atoms with Gasteiger partial charge in [-0.3, -0.25) is 9.79 Å². The molecule has 1 fully saturated rings. The number of carbonyl (C=O) groups excluding carboxylic acids is 1. The maximum absolute atomic E-state index is 11.2. The molecule has 0 radical (unpaired) electrons. The van der Waals surface area contributed by atoms with Gasteiger partial charge in [-0.15, -0.1) is 0 Å². The molecule has 8 nitrogen and oxygen atoms in total. The quantitative estimate of drug-likeness (QED) is 0.366. The van der Waals surface area contributed by atoms with Gasteiger partial charge in [0, 0.05) is 53.2 Å². The van der Waals surface area contributed by atoms with E-state index < -0.39 is 10.0 Å². The van der Waals surface area contributed by atoms with E-state index in [9.17, 15) is 13.2 Å². The lowest BCUT2D eigenvalue weighted by molar-refractivity contribution is -0.130. The number of piperazine rings is 1. The molecule has 1 aliphatic rings. The van der Waals surface area contributed by atoms with Crippen LogP contribution < -0.4 is 10.0 Å². The minimum Gasteiger partial charge on any atom is -0.355 e. The van der Waals surface area contributed by atoms with E-state index in [4.69, 9.17) is 0 Å². The molecule has 0 aromatic carbocycles. The summed E-state index contributed by atoms with van der Waals surface area (Å²) in [6.07, 6.45) is 1.13. The zero-order chi connectivity index (χ0) is 15.2. The number of amides is 1. The number of nitrogens with zero attached hydrogens (tertiary/aromatic N) is 3. The van der Waals surface area contributed by atoms with Gasteiger partial charge in [0.15, 0.2) is 5.96 Å². The number of aliphatic imine (C=N–C) groups is 1. The number of sulfonamides is 1. The first-order chi connectivity index (χ1) is 9.33. The highest BCUT2D eigenvalue weighted by Gasteiger charge is 2.20. The van der Waals surface area contributed by atoms with Crippen molar-refractivity contribution in [2.45, 2.75) is 6.92 Å². The molecule has 0 saturated carbocycles. The first kappa shape index (κ1) is 16.7. The van der Waals surface area contributed by atoms with Gasteiger partial charge in [-0.2, -0.15) is 0 Å². The van der Waals surface area contributed by atoms with E-state index in [-0.39, 0.29) is 5.91 Å². The molecule has 9 heteroatoms. The fourth-order valence-corrected chi connectivity index (χ4v) is 2.45. The van der Waals surface area contributed by atoms with E-state index >= 15 is 0 Å². The molecule has 0 atom stereocenters. The summed E-state index contributed by atoms with van der Waals surface area (Å²) < 4.78 is 24.3. The molecule has 0 unspecified atom stereocenters. The van der Waals surface area contributed by atoms with Gasteiger partial charge in [0.05, 0.1) is 6.26 Å². The smallest absolute Gasteiger partial charge is 0.219 e. The summed E-state index contributed by atoms with van der Waals surface area (Å²) in [6, 6.07) is 0. The van der Waals surface area contributed by atoms with Crippen molar-refractivity contribution in [2.24, 2.45) is 4.99 Å². The Morgan fingerprint density at radius 3 is 2.15 bits per heavy atom. The van der Waals surface area contributed by atoms with Crippen molar-refractivity contribution in [2.75, 3.05) is 52.6 Å². The predicted molar refractivity (Wildman–Crippen MR) is 78.0 cm³/mol. The summed E-state index contributed by atoms with van der Waals surface area (Å²) in [5.41, 5.74) is 0. The highest BCUT2D eigenvalue weighted by atomic mass is 32.2. The Hall–Kier alpha value is -1.35. The lowest BCUT2D eigenvalue weighted by Gasteiger charge is -2.36. The van der Waals surface area contributed by atoms with Gasteiger partial charge >= 0.3 is 0 Å². The summed E-state index contributed by atoms with van der Waals surface area (Å²) in [5.74, 6) is 0.813. The molecule has 1 aliphatic heterocycles. The fourth-order valence-electron chi connectivity index (χ4n) is 1.98. The standard InChI is InChI=1S/C11H23N5O3S/c1-10(17)15-6-8-16(9-7-15)11(12-2)13-4-5-14-20(3,18)19/h14H,4-9H2,1-3H3,(H,12,13). The van der Waals surface area contributed by atoms with E-state index in [0.717, 1.165) is 25.3 Å². The molecule has 2 N–H and O–H groups in total. The third kappa shape index (κ3) is 5.74. The topological polar surface area (TPSA) is 94.1 Å². The zero-order valence-corrected chi connectivity index (χ0v) is 13.0. The van der Waals surface area contributed by atoms with Crippen LogP contribution in [0.2, 0.25) is 0 Å². The third-order valence-electron chi connectivity index (χ3n) is 3.01. The van der Waals surface area contributed by atoms with Crippen LogP contribution in [0.25, 0.3) is 0 Å². The second-order valence-electron chi connectivity index (χ2n) is 4.63. The molecule has 0 aromatic heterocycles. The number of carbonyl (C=O) groups is 1. The van der Waals surface area contributed by atoms with E-state index in [1.54, 1.807) is 18.9 Å². The monoisotopic (exact) mass is 305 g/mol. The molecule has 0 spiro atoms. The van der Waals surface area contributed by atoms with Crippen LogP contribution in [0.5, 0.6) is 0 Å². The molecule has 0 bridgehead atoms. The molecule has 0 aromatic rings. The van der Waals surface area contributed by atoms with Crippen molar-refractivity contribution in [3.05, 3.63) is 0 Å². The lowest BCUT2D eigenvalue weighted by Crippen LogP contribution is -2.54. The minimum absolute atomic E-state index is 0.0879. The molecular formula is C11H23N5O3S. The van der Waals surface area contributed by atoms with Crippen molar-refractivity contribution in [3.63, 3.8) is 0 Å². The average Bonchev–Trinajstić information content (AvgIpc) is 2.38. The van der Waals surface area contributed by atoms with Crippen LogP contribution >= 0.6 is 0 Å². The van der Waals surface area contributed by atoms with E-state index in [2.05, 4.69) is 19.9 Å². The van der Waals surface area contributed by atoms with Crippen LogP contribution in [0.15, 0.2) is 4.99 Å². The number of nitrogens with one attached hydrogen (secondary N) is 2. The summed E-state index contributed by atoms with van der Waals surface area (Å²) in [4.78, 5) is 19.3. The summed E-state index contributed by atoms with van der Waals surface area (Å²) in [7, 11) is -1.47. The SMILES string of the molecule is CN=C(NCCNS(C)(=O)=O)N1CCN(C(C)=O)CC1. The molecule has 116 valence electrons. The molecule has 1 saturated heterocycles. The Bertz CT molecular complexity index is 455. The molecular weight excluding hydrogens is 282 g/mol. The lowest BCUT2D eigenvalue weighted by atomic mass is 10.3. The molecule has 20 heavy (non-hydrogen) atoms. The summed E-state index contributed by atoms with van der Waals surface area (Å²) in [5, 5.41) is 3.10. The Morgan fingerprint density at radius 2 is 1.70 bits per heavy atom. The van der Waals surface area contributed by atoms with Crippen LogP contribution in [0.1, 0.15) is 6.92 Å². The summed E-state index contributed by atoms with van der Waals surface area (Å²) in [6.45, 7) is 5.14. The van der Waals surface area contributed by atoms with Crippen LogP contribution in [0.4, 0.5) is 0 Å². The minimum atomic E-state index is -3.16. The number of rotatable bonds is 4. The second kappa shape index (κ2) is 7.44. The Morgan fingerprint density at radius 1 is 1.15 bits per heavy atom. The first-order valence-electron chi connectivity index (χ1n) is 6.49. The van der Waals surface area contributed by atoms with Crippen LogP contribution in [-0.2, 0) is 14.8 Å². The number of hydrogen-bond acceptors (Lipinski definition) is 4. The van der Waals surface area contributed by atoms with Crippen LogP contribution in [-0.4, -0.2) is 82.7 Å². The maximum atomic E-state index is 11.2. The summed E-state index contributed by atoms with van der Waals surface area (Å²) >= 11 is 0. The van der Waals surface area contributed by atoms with E-state index in [1.165, 1.54) is 0 Å². The normalized spacial score (nSPS) is 17.2. The molecule has 0 aliphatic carbocycles. The highest BCUT2D eigenvalue weighted by Crippen LogP contribution is 2.02. The van der Waals surface area contributed by atoms with Gasteiger partial charge in [-0.1, -0.05) is 0 Å². The van der Waals surface area contributed by atoms with Crippen molar-refractivity contribution >= 4 is 21.9 Å². The number of guanidine groups is 1. The van der Waals surface area contributed by atoms with Crippen molar-refractivity contribution in [1.82, 2.24) is 19.8 Å². The first-order valence-corrected chi connectivity index (χ1v) is 8.38. The van der Waals surface area contributed by atoms with Gasteiger partial charge in [0.1, 0.15) is 0 Å². The Labute approximate surface area is 120 Å². The van der Waals surface area contributed by atoms with Gasteiger partial charge in [0.25, 0.3) is 0 Å². The van der Waals surface area contributed by atoms with Gasteiger partial charge < -0.3 is 15.1 Å². The van der Waals surface area contributed by atoms with Gasteiger partial charge in [-0.25, -0.2) is 13.1 Å². The maximum Gasteiger partial charge on any atom is 0.219 e. The van der Waals surface area contributed by atoms with Crippen molar-refractivity contribution < 1.29 is 13.2 Å². The highest BCUT2D eigenvalue weighted by molar-refractivity contribution is 7.88. The largest absolute Gasteiger partial charge is 0.355 e. The van der Waals surface area contributed by atoms with Crippen LogP contribution in [0.3, 0.4) is 0 Å².